The van der Waals surface area contributed by atoms with E-state index in [1.165, 1.54) is 7.11 Å². The number of cyclic esters (lactones) is 1. The highest BCUT2D eigenvalue weighted by Crippen LogP contribution is 2.45. The van der Waals surface area contributed by atoms with Crippen molar-refractivity contribution in [2.24, 2.45) is 23.7 Å². The number of ketones is 1. The van der Waals surface area contributed by atoms with Gasteiger partial charge in [0.05, 0.1) is 57.6 Å². The Morgan fingerprint density at radius 2 is 1.53 bits per heavy atom. The number of hydrogen-bond acceptors (Lipinski definition) is 14. The second kappa shape index (κ2) is 21.5. The summed E-state index contributed by atoms with van der Waals surface area (Å²) in [5.41, 5.74) is -2.93. The molecule has 0 aromatic heterocycles. The summed E-state index contributed by atoms with van der Waals surface area (Å²) in [5, 5.41) is 24.0. The van der Waals surface area contributed by atoms with Gasteiger partial charge in [-0.3, -0.25) is 19.4 Å². The van der Waals surface area contributed by atoms with Crippen molar-refractivity contribution in [2.45, 2.75) is 198 Å². The average molecular weight is 972 g/mol. The molecule has 1 aromatic carbocycles. The van der Waals surface area contributed by atoms with E-state index >= 15 is 4.79 Å². The lowest BCUT2D eigenvalue weighted by Crippen LogP contribution is -2.62. The Bertz CT molecular complexity index is 1860. The zero-order chi connectivity index (χ0) is 48.6. The molecule has 15 nitrogen and oxygen atoms in total. The molecule has 5 fully saturated rings. The van der Waals surface area contributed by atoms with Crippen LogP contribution in [0, 0.1) is 23.7 Å². The molecule has 5 aliphatic rings. The molecule has 1 aromatic rings. The minimum Gasteiger partial charge on any atom is -0.458 e. The summed E-state index contributed by atoms with van der Waals surface area (Å²) in [7, 11) is 3.08. The van der Waals surface area contributed by atoms with Crippen molar-refractivity contribution in [1.29, 1.82) is 0 Å². The predicted molar refractivity (Wildman–Crippen MR) is 247 cm³/mol. The van der Waals surface area contributed by atoms with Crippen LogP contribution >= 0.6 is 23.2 Å². The number of likely N-dealkylation sites (tertiary alicyclic amines) is 1. The lowest BCUT2D eigenvalue weighted by Gasteiger charge is -2.50. The normalized spacial score (nSPS) is 43.3. The number of aliphatic hydroxyl groups excluding tert-OH is 2. The Kier molecular flexibility index (Phi) is 17.3. The van der Waals surface area contributed by atoms with Crippen molar-refractivity contribution in [3.8, 4) is 0 Å². The van der Waals surface area contributed by atoms with Crippen LogP contribution in [0.1, 0.15) is 113 Å². The Balaban J connectivity index is 1.44. The summed E-state index contributed by atoms with van der Waals surface area (Å²) >= 11 is 12.6. The fraction of sp³-hybridized carbons (Fsp3) is 0.816. The maximum atomic E-state index is 15.1. The van der Waals surface area contributed by atoms with Crippen LogP contribution in [-0.2, 0) is 53.9 Å². The quantitative estimate of drug-likeness (QED) is 0.218. The molecule has 0 aliphatic carbocycles. The number of halogens is 2. The average Bonchev–Trinajstić information content (AvgIpc) is 3.91. The van der Waals surface area contributed by atoms with Gasteiger partial charge in [0.2, 0.25) is 0 Å². The van der Waals surface area contributed by atoms with E-state index in [0.717, 1.165) is 31.5 Å². The lowest BCUT2D eigenvalue weighted by atomic mass is 9.73. The maximum Gasteiger partial charge on any atom is 0.410 e. The monoisotopic (exact) mass is 970 g/mol. The molecular formula is C49H76Cl2N2O13. The van der Waals surface area contributed by atoms with Gasteiger partial charge in [0.15, 0.2) is 18.2 Å². The molecule has 5 heterocycles. The molecule has 5 saturated heterocycles. The van der Waals surface area contributed by atoms with Crippen LogP contribution in [0.2, 0.25) is 10.0 Å². The molecule has 1 amide bonds. The van der Waals surface area contributed by atoms with Crippen LogP contribution in [0.25, 0.3) is 0 Å². The zero-order valence-corrected chi connectivity index (χ0v) is 42.5. The minimum atomic E-state index is -1.45. The third kappa shape index (κ3) is 10.8. The summed E-state index contributed by atoms with van der Waals surface area (Å²) < 4.78 is 51.8. The number of fused-ring (bicyclic) bond motifs is 1. The van der Waals surface area contributed by atoms with Gasteiger partial charge >= 0.3 is 12.1 Å². The number of nitrogens with zero attached hydrogens (tertiary/aromatic N) is 2. The third-order valence-electron chi connectivity index (χ3n) is 15.7. The second-order valence-corrected chi connectivity index (χ2v) is 21.2. The number of hydrogen-bond donors (Lipinski definition) is 2. The SMILES string of the molecule is CC[C@H]1OC(=O)[C@H](C)C(OC2C[C@@](C)(OC)C(O)[C@H](C)O2)[C@H](C)C(OC2O[C@H](C)CC(N3CCCC3)C2O)[C@@](C)(OC)CC(C)C(=O)C(C)C2N(CCc3ccc(Cl)c(Cl)c3)C(=O)OC21C. The van der Waals surface area contributed by atoms with Crippen molar-refractivity contribution in [2.75, 3.05) is 33.9 Å². The van der Waals surface area contributed by atoms with Crippen LogP contribution in [0.15, 0.2) is 18.2 Å². The molecule has 18 atom stereocenters. The lowest BCUT2D eigenvalue weighted by molar-refractivity contribution is -0.319. The van der Waals surface area contributed by atoms with E-state index in [1.807, 2.05) is 40.7 Å². The fourth-order valence-corrected chi connectivity index (χ4v) is 12.0. The molecule has 0 saturated carbocycles. The number of rotatable bonds is 11. The first-order chi connectivity index (χ1) is 31.0. The van der Waals surface area contributed by atoms with Gasteiger partial charge < -0.3 is 48.1 Å². The number of methoxy groups -OCH3 is 2. The maximum absolute atomic E-state index is 15.1. The smallest absolute Gasteiger partial charge is 0.410 e. The summed E-state index contributed by atoms with van der Waals surface area (Å²) in [4.78, 5) is 48.0. The highest BCUT2D eigenvalue weighted by molar-refractivity contribution is 6.42. The topological polar surface area (TPSA) is 172 Å². The number of esters is 1. The first-order valence-electron chi connectivity index (χ1n) is 24.0. The van der Waals surface area contributed by atoms with E-state index in [4.69, 9.17) is 61.1 Å². The Morgan fingerprint density at radius 3 is 2.15 bits per heavy atom. The first kappa shape index (κ1) is 53.2. The van der Waals surface area contributed by atoms with Crippen molar-refractivity contribution >= 4 is 41.0 Å². The summed E-state index contributed by atoms with van der Waals surface area (Å²) in [5.74, 6) is -3.98. The van der Waals surface area contributed by atoms with Gasteiger partial charge in [-0.25, -0.2) is 4.79 Å². The molecule has 6 rings (SSSR count). The highest BCUT2D eigenvalue weighted by atomic mass is 35.5. The number of carbonyl (C=O) groups is 3. The van der Waals surface area contributed by atoms with Crippen molar-refractivity contribution in [3.05, 3.63) is 33.8 Å². The number of benzene rings is 1. The van der Waals surface area contributed by atoms with Crippen LogP contribution in [0.4, 0.5) is 4.79 Å². The van der Waals surface area contributed by atoms with Gasteiger partial charge in [0, 0.05) is 51.0 Å². The second-order valence-electron chi connectivity index (χ2n) is 20.4. The molecular weight excluding hydrogens is 895 g/mol. The van der Waals surface area contributed by atoms with Gasteiger partial charge in [0.1, 0.15) is 24.1 Å². The molecule has 2 N–H and O–H groups in total. The van der Waals surface area contributed by atoms with Crippen molar-refractivity contribution < 1.29 is 62.5 Å². The molecule has 0 spiro atoms. The molecule has 5 aliphatic heterocycles. The summed E-state index contributed by atoms with van der Waals surface area (Å²) in [6, 6.07) is 4.22. The van der Waals surface area contributed by atoms with E-state index in [2.05, 4.69) is 4.90 Å². The van der Waals surface area contributed by atoms with E-state index in [9.17, 15) is 19.8 Å². The first-order valence-corrected chi connectivity index (χ1v) is 24.8. The van der Waals surface area contributed by atoms with Gasteiger partial charge in [-0.15, -0.1) is 0 Å². The summed E-state index contributed by atoms with van der Waals surface area (Å²) in [6.07, 6.45) is -4.96. The number of Topliss-reactive ketones (excluding diaryl/α,β-unsaturated/α-hetero) is 1. The predicted octanol–water partition coefficient (Wildman–Crippen LogP) is 6.99. The van der Waals surface area contributed by atoms with Gasteiger partial charge in [0.25, 0.3) is 0 Å². The highest BCUT2D eigenvalue weighted by Gasteiger charge is 2.61. The third-order valence-corrected chi connectivity index (χ3v) is 16.4. The number of ether oxygens (including phenoxy) is 8. The van der Waals surface area contributed by atoms with Crippen LogP contribution in [0.5, 0.6) is 0 Å². The Labute approximate surface area is 401 Å². The van der Waals surface area contributed by atoms with Crippen LogP contribution in [0.3, 0.4) is 0 Å². The van der Waals surface area contributed by atoms with Crippen LogP contribution in [-0.4, -0.2) is 156 Å². The van der Waals surface area contributed by atoms with E-state index in [1.54, 1.807) is 58.8 Å². The number of aliphatic hydroxyl groups is 2. The van der Waals surface area contributed by atoms with Crippen molar-refractivity contribution in [1.82, 2.24) is 9.80 Å². The Hall–Kier alpha value is -2.15. The molecule has 0 bridgehead atoms. The zero-order valence-electron chi connectivity index (χ0n) is 41.0. The number of amides is 1. The molecule has 0 radical (unpaired) electrons. The van der Waals surface area contributed by atoms with Crippen LogP contribution < -0.4 is 0 Å². The summed E-state index contributed by atoms with van der Waals surface area (Å²) in [6.45, 7) is 20.1. The van der Waals surface area contributed by atoms with E-state index in [-0.39, 0.29) is 43.7 Å². The fourth-order valence-electron chi connectivity index (χ4n) is 11.7. The van der Waals surface area contributed by atoms with Crippen molar-refractivity contribution in [3.63, 3.8) is 0 Å². The minimum absolute atomic E-state index is 0.126. The van der Waals surface area contributed by atoms with Gasteiger partial charge in [-0.05, 0) is 111 Å². The van der Waals surface area contributed by atoms with E-state index < -0.39 is 108 Å². The standard InChI is InChI=1S/C49H76Cl2N2O13/c1-13-36-49(10)41(53(46(58)66-49)21-18-32-16-17-33(50)34(51)23-32)28(4)38(54)26(2)24-48(9,60-12)43(65-45-39(55)35(22-27(3)61-45)52-19-14-15-20-52)29(5)40(30(6)44(57)63-36)64-37-25-47(8,59-11)42(56)31(7)62-37/h16-17,23,26-31,35-37,39-43,45,55-56H,13-15,18-22,24-25H2,1-12H3/t26?,27-,28?,29+,30-,31+,35?,36-,37?,39?,40?,41?,42?,43?,45?,47-,48+,49?/m1/s1. The largest absolute Gasteiger partial charge is 0.458 e. The van der Waals surface area contributed by atoms with Gasteiger partial charge in [-0.2, -0.15) is 0 Å². The number of carbonyl (C=O) groups excluding carboxylic acids is 3. The van der Waals surface area contributed by atoms with E-state index in [0.29, 0.717) is 22.9 Å². The molecule has 11 unspecified atom stereocenters. The molecule has 66 heavy (non-hydrogen) atoms. The Morgan fingerprint density at radius 1 is 0.864 bits per heavy atom. The molecule has 17 heteroatoms. The molecule has 374 valence electrons. The van der Waals surface area contributed by atoms with Gasteiger partial charge in [-0.1, -0.05) is 57.0 Å².